The standard InChI is InChI=1S/C33H46N4O8S/c1-19(38)36-23-11-9-20-17-27(42-5)29(43-6)30(44-7)28(20)21-10-12-24(26(39)18-22(21)23)37-25(13-16-46-8)31(40)34-14-15-35-32(41)45-33(2,3)4/h10,12,17-18,23,25H,9,11,13-16H2,1-8H3,(H,34,40)(H,35,41)(H,36,38)(H,37,39)/t23-,25-/m0/s1. The van der Waals surface area contributed by atoms with Crippen molar-refractivity contribution in [3.05, 3.63) is 45.6 Å². The number of amides is 3. The molecule has 2 aromatic rings. The topological polar surface area (TPSA) is 153 Å². The number of carbonyl (C=O) groups is 3. The Morgan fingerprint density at radius 2 is 1.70 bits per heavy atom. The zero-order valence-corrected chi connectivity index (χ0v) is 28.7. The maximum Gasteiger partial charge on any atom is 0.407 e. The average molecular weight is 659 g/mol. The molecule has 12 nitrogen and oxygen atoms in total. The fourth-order valence-electron chi connectivity index (χ4n) is 5.31. The van der Waals surface area contributed by atoms with E-state index in [-0.39, 0.29) is 36.0 Å². The van der Waals surface area contributed by atoms with Crippen molar-refractivity contribution < 1.29 is 33.3 Å². The zero-order chi connectivity index (χ0) is 34.0. The number of fused-ring (bicyclic) bond motifs is 3. The number of hydrogen-bond acceptors (Lipinski definition) is 10. The number of carbonyl (C=O) groups excluding carboxylic acids is 3. The number of benzene rings is 1. The highest BCUT2D eigenvalue weighted by Crippen LogP contribution is 2.50. The maximum absolute atomic E-state index is 13.8. The summed E-state index contributed by atoms with van der Waals surface area (Å²) in [6, 6.07) is 5.68. The van der Waals surface area contributed by atoms with Crippen molar-refractivity contribution in [2.75, 3.05) is 51.7 Å². The molecule has 2 aromatic carbocycles. The Kier molecular flexibility index (Phi) is 13.0. The van der Waals surface area contributed by atoms with E-state index in [0.29, 0.717) is 53.4 Å². The third kappa shape index (κ3) is 9.44. The van der Waals surface area contributed by atoms with E-state index in [4.69, 9.17) is 18.9 Å². The Morgan fingerprint density at radius 1 is 1.00 bits per heavy atom. The zero-order valence-electron chi connectivity index (χ0n) is 27.9. The Bertz CT molecular complexity index is 1480. The molecule has 0 bridgehead atoms. The van der Waals surface area contributed by atoms with Crippen LogP contribution in [0.2, 0.25) is 0 Å². The molecule has 4 N–H and O–H groups in total. The van der Waals surface area contributed by atoms with Gasteiger partial charge in [0, 0.05) is 25.6 Å². The first-order valence-electron chi connectivity index (χ1n) is 15.1. The second kappa shape index (κ2) is 16.4. The number of nitrogens with one attached hydrogen (secondary N) is 4. The quantitative estimate of drug-likeness (QED) is 0.232. The lowest BCUT2D eigenvalue weighted by Crippen LogP contribution is -2.44. The monoisotopic (exact) mass is 658 g/mol. The number of aryl methyl sites for hydroxylation is 1. The summed E-state index contributed by atoms with van der Waals surface area (Å²) in [5, 5.41) is 11.6. The minimum Gasteiger partial charge on any atom is -0.493 e. The number of methoxy groups -OCH3 is 3. The molecule has 3 rings (SSSR count). The van der Waals surface area contributed by atoms with Crippen molar-refractivity contribution in [3.63, 3.8) is 0 Å². The second-order valence-electron chi connectivity index (χ2n) is 11.8. The van der Waals surface area contributed by atoms with Crippen molar-refractivity contribution in [1.82, 2.24) is 16.0 Å². The van der Waals surface area contributed by atoms with E-state index in [9.17, 15) is 19.2 Å². The van der Waals surface area contributed by atoms with Gasteiger partial charge in [0.25, 0.3) is 0 Å². The molecule has 0 spiro atoms. The summed E-state index contributed by atoms with van der Waals surface area (Å²) in [6.45, 7) is 7.10. The molecule has 2 atom stereocenters. The number of ether oxygens (including phenoxy) is 4. The van der Waals surface area contributed by atoms with Crippen LogP contribution in [0.5, 0.6) is 17.2 Å². The molecular formula is C33H46N4O8S. The highest BCUT2D eigenvalue weighted by Gasteiger charge is 2.30. The molecule has 1 aliphatic rings. The Morgan fingerprint density at radius 3 is 2.30 bits per heavy atom. The van der Waals surface area contributed by atoms with Crippen molar-refractivity contribution in [2.45, 2.75) is 64.6 Å². The summed E-state index contributed by atoms with van der Waals surface area (Å²) < 4.78 is 22.3. The molecule has 0 fully saturated rings. The first kappa shape index (κ1) is 36.3. The third-order valence-electron chi connectivity index (χ3n) is 7.27. The van der Waals surface area contributed by atoms with E-state index < -0.39 is 23.8 Å². The van der Waals surface area contributed by atoms with Crippen LogP contribution in [-0.2, 0) is 20.7 Å². The van der Waals surface area contributed by atoms with Gasteiger partial charge in [0.15, 0.2) is 11.5 Å². The lowest BCUT2D eigenvalue weighted by Gasteiger charge is -2.20. The van der Waals surface area contributed by atoms with Crippen molar-refractivity contribution in [1.29, 1.82) is 0 Å². The van der Waals surface area contributed by atoms with Crippen LogP contribution < -0.4 is 40.9 Å². The maximum atomic E-state index is 13.8. The van der Waals surface area contributed by atoms with Gasteiger partial charge in [0.1, 0.15) is 11.6 Å². The summed E-state index contributed by atoms with van der Waals surface area (Å²) in [7, 11) is 4.62. The van der Waals surface area contributed by atoms with Crippen molar-refractivity contribution in [3.8, 4) is 28.4 Å². The molecule has 0 unspecified atom stereocenters. The first-order chi connectivity index (χ1) is 21.8. The number of rotatable bonds is 13. The molecule has 0 saturated carbocycles. The predicted molar refractivity (Wildman–Crippen MR) is 180 cm³/mol. The summed E-state index contributed by atoms with van der Waals surface area (Å²) in [6.07, 6.45) is 2.92. The minimum absolute atomic E-state index is 0.176. The summed E-state index contributed by atoms with van der Waals surface area (Å²) in [4.78, 5) is 51.2. The van der Waals surface area contributed by atoms with Crippen LogP contribution in [0.15, 0.2) is 29.1 Å². The average Bonchev–Trinajstić information content (AvgIpc) is 3.23. The van der Waals surface area contributed by atoms with Gasteiger partial charge in [-0.15, -0.1) is 0 Å². The van der Waals surface area contributed by atoms with Crippen molar-refractivity contribution in [2.24, 2.45) is 0 Å². The van der Waals surface area contributed by atoms with Crippen LogP contribution in [0, 0.1) is 0 Å². The SMILES string of the molecule is COc1cc2c(c(OC)c1OC)-c1ccc(N[C@@H](CCSC)C(=O)NCCNC(=O)OC(C)(C)C)c(=O)cc1[C@@H](NC(C)=O)CC2. The predicted octanol–water partition coefficient (Wildman–Crippen LogP) is 4.04. The molecule has 252 valence electrons. The van der Waals surface area contributed by atoms with Crippen LogP contribution in [0.1, 0.15) is 57.7 Å². The fraction of sp³-hybridized carbons (Fsp3) is 0.515. The fourth-order valence-corrected chi connectivity index (χ4v) is 5.78. The number of hydrogen-bond donors (Lipinski definition) is 4. The molecule has 13 heteroatoms. The van der Waals surface area contributed by atoms with Gasteiger partial charge in [-0.2, -0.15) is 11.8 Å². The van der Waals surface area contributed by atoms with Gasteiger partial charge in [-0.25, -0.2) is 4.79 Å². The minimum atomic E-state index is -0.721. The molecule has 46 heavy (non-hydrogen) atoms. The summed E-state index contributed by atoms with van der Waals surface area (Å²) >= 11 is 1.58. The van der Waals surface area contributed by atoms with Crippen LogP contribution >= 0.6 is 11.8 Å². The van der Waals surface area contributed by atoms with Gasteiger partial charge < -0.3 is 40.2 Å². The van der Waals surface area contributed by atoms with E-state index in [1.165, 1.54) is 20.1 Å². The van der Waals surface area contributed by atoms with E-state index in [1.807, 2.05) is 12.3 Å². The molecule has 0 aromatic heterocycles. The molecule has 1 aliphatic carbocycles. The number of anilines is 1. The highest BCUT2D eigenvalue weighted by molar-refractivity contribution is 7.98. The Balaban J connectivity index is 2.00. The highest BCUT2D eigenvalue weighted by atomic mass is 32.2. The Labute approximate surface area is 274 Å². The summed E-state index contributed by atoms with van der Waals surface area (Å²) in [5.41, 5.74) is 2.21. The number of alkyl carbamates (subject to hydrolysis) is 1. The van der Waals surface area contributed by atoms with E-state index in [1.54, 1.807) is 58.9 Å². The van der Waals surface area contributed by atoms with Crippen LogP contribution in [0.3, 0.4) is 0 Å². The van der Waals surface area contributed by atoms with Crippen molar-refractivity contribution >= 4 is 35.4 Å². The molecule has 0 heterocycles. The van der Waals surface area contributed by atoms with Gasteiger partial charge in [-0.05, 0) is 86.9 Å². The molecular weight excluding hydrogens is 612 g/mol. The third-order valence-corrected chi connectivity index (χ3v) is 7.91. The van der Waals surface area contributed by atoms with Gasteiger partial charge in [0.05, 0.1) is 33.1 Å². The van der Waals surface area contributed by atoms with Crippen LogP contribution in [0.25, 0.3) is 11.1 Å². The summed E-state index contributed by atoms with van der Waals surface area (Å²) in [5.74, 6) is 1.50. The largest absolute Gasteiger partial charge is 0.493 e. The van der Waals surface area contributed by atoms with E-state index >= 15 is 0 Å². The smallest absolute Gasteiger partial charge is 0.407 e. The molecule has 3 amide bonds. The lowest BCUT2D eigenvalue weighted by molar-refractivity contribution is -0.122. The normalized spacial score (nSPS) is 14.4. The van der Waals surface area contributed by atoms with Gasteiger partial charge in [-0.3, -0.25) is 14.4 Å². The Hall–Kier alpha value is -4.13. The van der Waals surface area contributed by atoms with Gasteiger partial charge in [0.2, 0.25) is 23.0 Å². The lowest BCUT2D eigenvalue weighted by atomic mass is 9.95. The first-order valence-corrected chi connectivity index (χ1v) is 16.5. The second-order valence-corrected chi connectivity index (χ2v) is 12.8. The van der Waals surface area contributed by atoms with E-state index in [0.717, 1.165) is 11.1 Å². The molecule has 0 aliphatic heterocycles. The molecule has 0 saturated heterocycles. The number of thioether (sulfide) groups is 1. The van der Waals surface area contributed by atoms with Crippen LogP contribution in [-0.4, -0.2) is 76.0 Å². The van der Waals surface area contributed by atoms with Gasteiger partial charge in [-0.1, -0.05) is 6.07 Å². The van der Waals surface area contributed by atoms with Gasteiger partial charge >= 0.3 is 6.09 Å². The molecule has 0 radical (unpaired) electrons. The van der Waals surface area contributed by atoms with Crippen LogP contribution in [0.4, 0.5) is 10.5 Å². The van der Waals surface area contributed by atoms with E-state index in [2.05, 4.69) is 21.3 Å².